The quantitative estimate of drug-likeness (QED) is 0.932. The van der Waals surface area contributed by atoms with E-state index in [2.05, 4.69) is 0 Å². The number of carbonyl (C=O) groups excluding carboxylic acids is 1. The van der Waals surface area contributed by atoms with Gasteiger partial charge in [-0.25, -0.2) is 0 Å². The van der Waals surface area contributed by atoms with Crippen molar-refractivity contribution in [3.8, 4) is 0 Å². The first-order valence-electron chi connectivity index (χ1n) is 4.86. The van der Waals surface area contributed by atoms with Crippen molar-refractivity contribution in [2.24, 2.45) is 5.73 Å². The summed E-state index contributed by atoms with van der Waals surface area (Å²) in [7, 11) is 1.70. The van der Waals surface area contributed by atoms with Crippen LogP contribution in [0.3, 0.4) is 0 Å². The third kappa shape index (κ3) is 4.72. The van der Waals surface area contributed by atoms with E-state index in [1.165, 1.54) is 0 Å². The lowest BCUT2D eigenvalue weighted by atomic mass is 10.2. The fourth-order valence-corrected chi connectivity index (χ4v) is 1.66. The van der Waals surface area contributed by atoms with Crippen LogP contribution in [0.2, 0.25) is 10.0 Å². The smallest absolute Gasteiger partial charge is 0.239 e. The molecule has 0 aliphatic rings. The maximum Gasteiger partial charge on any atom is 0.239 e. The molecule has 1 aromatic carbocycles. The zero-order valence-electron chi connectivity index (χ0n) is 9.61. The Balaban J connectivity index is 0.00000256. The number of amides is 1. The molecule has 0 heterocycles. The first-order valence-corrected chi connectivity index (χ1v) is 5.62. The van der Waals surface area contributed by atoms with Gasteiger partial charge in [-0.3, -0.25) is 4.79 Å². The van der Waals surface area contributed by atoms with Crippen molar-refractivity contribution in [1.29, 1.82) is 0 Å². The van der Waals surface area contributed by atoms with E-state index in [1.54, 1.807) is 31.0 Å². The number of rotatable bonds is 3. The predicted molar refractivity (Wildman–Crippen MR) is 73.8 cm³/mol. The first kappa shape index (κ1) is 16.5. The Morgan fingerprint density at radius 1 is 1.41 bits per heavy atom. The second kappa shape index (κ2) is 7.07. The molecule has 1 rings (SSSR count). The van der Waals surface area contributed by atoms with Gasteiger partial charge in [0.05, 0.1) is 16.1 Å². The molecule has 0 radical (unpaired) electrons. The van der Waals surface area contributed by atoms with Crippen LogP contribution in [0.4, 0.5) is 0 Å². The van der Waals surface area contributed by atoms with Gasteiger partial charge in [0.15, 0.2) is 0 Å². The van der Waals surface area contributed by atoms with Crippen LogP contribution >= 0.6 is 35.6 Å². The third-order valence-corrected chi connectivity index (χ3v) is 2.91. The van der Waals surface area contributed by atoms with E-state index >= 15 is 0 Å². The maximum absolute atomic E-state index is 11.5. The van der Waals surface area contributed by atoms with Gasteiger partial charge in [-0.05, 0) is 24.6 Å². The Kier molecular flexibility index (Phi) is 6.87. The maximum atomic E-state index is 11.5. The highest BCUT2D eigenvalue weighted by molar-refractivity contribution is 6.42. The van der Waals surface area contributed by atoms with Gasteiger partial charge in [-0.2, -0.15) is 0 Å². The minimum atomic E-state index is -0.493. The van der Waals surface area contributed by atoms with Gasteiger partial charge in [0.25, 0.3) is 0 Å². The van der Waals surface area contributed by atoms with E-state index in [9.17, 15) is 4.79 Å². The van der Waals surface area contributed by atoms with Gasteiger partial charge in [-0.1, -0.05) is 29.3 Å². The molecule has 0 saturated heterocycles. The number of hydrogen-bond donors (Lipinski definition) is 1. The molecular formula is C11H15Cl3N2O. The van der Waals surface area contributed by atoms with Crippen LogP contribution in [0, 0.1) is 0 Å². The fraction of sp³-hybridized carbons (Fsp3) is 0.364. The van der Waals surface area contributed by atoms with E-state index < -0.39 is 6.04 Å². The van der Waals surface area contributed by atoms with Gasteiger partial charge in [0, 0.05) is 13.6 Å². The van der Waals surface area contributed by atoms with Gasteiger partial charge in [0.1, 0.15) is 0 Å². The molecule has 0 spiro atoms. The highest BCUT2D eigenvalue weighted by atomic mass is 35.5. The van der Waals surface area contributed by atoms with E-state index in [4.69, 9.17) is 28.9 Å². The van der Waals surface area contributed by atoms with Gasteiger partial charge >= 0.3 is 0 Å². The summed E-state index contributed by atoms with van der Waals surface area (Å²) in [5.74, 6) is -0.105. The molecule has 1 atom stereocenters. The van der Waals surface area contributed by atoms with Crippen LogP contribution < -0.4 is 5.73 Å². The summed E-state index contributed by atoms with van der Waals surface area (Å²) < 4.78 is 0. The van der Waals surface area contributed by atoms with Crippen LogP contribution in [0.15, 0.2) is 18.2 Å². The van der Waals surface area contributed by atoms with E-state index in [-0.39, 0.29) is 18.3 Å². The molecule has 2 N–H and O–H groups in total. The number of halogens is 3. The first-order chi connectivity index (χ1) is 7.41. The minimum absolute atomic E-state index is 0. The van der Waals surface area contributed by atoms with Crippen molar-refractivity contribution in [3.63, 3.8) is 0 Å². The van der Waals surface area contributed by atoms with Crippen molar-refractivity contribution in [3.05, 3.63) is 33.8 Å². The summed E-state index contributed by atoms with van der Waals surface area (Å²) in [6.45, 7) is 2.13. The molecule has 3 nitrogen and oxygen atoms in total. The molecule has 0 unspecified atom stereocenters. The molecule has 1 aromatic rings. The number of benzene rings is 1. The zero-order chi connectivity index (χ0) is 12.3. The Labute approximate surface area is 117 Å². The lowest BCUT2D eigenvalue weighted by molar-refractivity contribution is -0.131. The van der Waals surface area contributed by atoms with Crippen molar-refractivity contribution < 1.29 is 4.79 Å². The number of likely N-dealkylation sites (N-methyl/N-ethyl adjacent to an activating group) is 1. The van der Waals surface area contributed by atoms with Crippen molar-refractivity contribution >= 4 is 41.5 Å². The van der Waals surface area contributed by atoms with Gasteiger partial charge in [-0.15, -0.1) is 12.4 Å². The number of nitrogens with two attached hydrogens (primary N) is 1. The summed E-state index contributed by atoms with van der Waals surface area (Å²) in [5, 5.41) is 0.993. The summed E-state index contributed by atoms with van der Waals surface area (Å²) in [4.78, 5) is 13.1. The van der Waals surface area contributed by atoms with Crippen LogP contribution in [-0.4, -0.2) is 23.9 Å². The summed E-state index contributed by atoms with van der Waals surface area (Å²) in [6, 6.07) is 4.80. The highest BCUT2D eigenvalue weighted by Crippen LogP contribution is 2.23. The highest BCUT2D eigenvalue weighted by Gasteiger charge is 2.13. The average Bonchev–Trinajstić information content (AvgIpc) is 2.22. The number of carbonyl (C=O) groups is 1. The third-order valence-electron chi connectivity index (χ3n) is 2.17. The Bertz CT molecular complexity index is 396. The number of hydrogen-bond acceptors (Lipinski definition) is 2. The Hall–Kier alpha value is -0.480. The molecule has 0 aliphatic carbocycles. The minimum Gasteiger partial charge on any atom is -0.340 e. The molecule has 0 fully saturated rings. The lowest BCUT2D eigenvalue weighted by Crippen LogP contribution is -2.39. The largest absolute Gasteiger partial charge is 0.340 e. The molecule has 0 saturated carbocycles. The van der Waals surface area contributed by atoms with Crippen LogP contribution in [0.5, 0.6) is 0 Å². The SMILES string of the molecule is C[C@@H](N)C(=O)N(C)Cc1ccc(Cl)c(Cl)c1.Cl. The Morgan fingerprint density at radius 3 is 2.47 bits per heavy atom. The fourth-order valence-electron chi connectivity index (χ4n) is 1.34. The molecule has 1 amide bonds. The molecule has 0 aromatic heterocycles. The van der Waals surface area contributed by atoms with Crippen molar-refractivity contribution in [1.82, 2.24) is 4.90 Å². The van der Waals surface area contributed by atoms with Crippen molar-refractivity contribution in [2.75, 3.05) is 7.05 Å². The molecule has 96 valence electrons. The number of nitrogens with zero attached hydrogens (tertiary/aromatic N) is 1. The van der Waals surface area contributed by atoms with E-state index in [1.807, 2.05) is 6.07 Å². The normalized spacial score (nSPS) is 11.6. The molecule has 6 heteroatoms. The lowest BCUT2D eigenvalue weighted by Gasteiger charge is -2.19. The van der Waals surface area contributed by atoms with Crippen LogP contribution in [-0.2, 0) is 11.3 Å². The molecule has 0 bridgehead atoms. The van der Waals surface area contributed by atoms with E-state index in [0.29, 0.717) is 16.6 Å². The summed E-state index contributed by atoms with van der Waals surface area (Å²) >= 11 is 11.7. The van der Waals surface area contributed by atoms with Crippen LogP contribution in [0.1, 0.15) is 12.5 Å². The molecular weight excluding hydrogens is 282 g/mol. The molecule has 17 heavy (non-hydrogen) atoms. The van der Waals surface area contributed by atoms with E-state index in [0.717, 1.165) is 5.56 Å². The zero-order valence-corrected chi connectivity index (χ0v) is 11.9. The predicted octanol–water partition coefficient (Wildman–Crippen LogP) is 2.72. The molecule has 0 aliphatic heterocycles. The Morgan fingerprint density at radius 2 is 2.00 bits per heavy atom. The topological polar surface area (TPSA) is 46.3 Å². The standard InChI is InChI=1S/C11H14Cl2N2O.ClH/c1-7(14)11(16)15(2)6-8-3-4-9(12)10(13)5-8;/h3-5,7H,6,14H2,1-2H3;1H/t7-;/m1./s1. The van der Waals surface area contributed by atoms with Crippen molar-refractivity contribution in [2.45, 2.75) is 19.5 Å². The van der Waals surface area contributed by atoms with Gasteiger partial charge in [0.2, 0.25) is 5.91 Å². The summed E-state index contributed by atoms with van der Waals surface area (Å²) in [6.07, 6.45) is 0. The second-order valence-electron chi connectivity index (χ2n) is 3.73. The average molecular weight is 298 g/mol. The summed E-state index contributed by atoms with van der Waals surface area (Å²) in [5.41, 5.74) is 6.43. The second-order valence-corrected chi connectivity index (χ2v) is 4.55. The van der Waals surface area contributed by atoms with Gasteiger partial charge < -0.3 is 10.6 Å². The van der Waals surface area contributed by atoms with Crippen LogP contribution in [0.25, 0.3) is 0 Å². The monoisotopic (exact) mass is 296 g/mol.